The van der Waals surface area contributed by atoms with Crippen LogP contribution in [0.1, 0.15) is 28.4 Å². The molecule has 1 aromatic heterocycles. The first kappa shape index (κ1) is 16.9. The van der Waals surface area contributed by atoms with E-state index in [1.807, 2.05) is 42.5 Å². The summed E-state index contributed by atoms with van der Waals surface area (Å²) in [6.45, 7) is 1.51. The monoisotopic (exact) mass is 369 g/mol. The molecule has 0 amide bonds. The van der Waals surface area contributed by atoms with Crippen LogP contribution in [0, 0.1) is 0 Å². The molecule has 28 heavy (non-hydrogen) atoms. The molecule has 4 nitrogen and oxygen atoms in total. The quantitative estimate of drug-likeness (QED) is 0.462. The van der Waals surface area contributed by atoms with E-state index in [1.165, 1.54) is 27.8 Å². The molecule has 0 saturated heterocycles. The Kier molecular flexibility index (Phi) is 4.26. The number of H-pyrrole nitrogens is 1. The van der Waals surface area contributed by atoms with Gasteiger partial charge in [0.05, 0.1) is 6.04 Å². The molecule has 0 aliphatic carbocycles. The molecule has 0 spiro atoms. The van der Waals surface area contributed by atoms with Crippen molar-refractivity contribution in [3.8, 4) is 5.75 Å². The van der Waals surface area contributed by atoms with E-state index in [1.54, 1.807) is 0 Å². The van der Waals surface area contributed by atoms with Crippen LogP contribution >= 0.6 is 0 Å². The van der Waals surface area contributed by atoms with E-state index in [0.717, 1.165) is 29.9 Å². The van der Waals surface area contributed by atoms with Crippen LogP contribution in [0.5, 0.6) is 5.75 Å². The molecular weight excluding hydrogens is 346 g/mol. The van der Waals surface area contributed by atoms with Crippen LogP contribution in [-0.4, -0.2) is 11.5 Å². The fraction of sp³-hybridized carbons (Fsp3) is 0.167. The maximum absolute atomic E-state index is 6.04. The van der Waals surface area contributed by atoms with Crippen molar-refractivity contribution in [2.24, 2.45) is 0 Å². The van der Waals surface area contributed by atoms with Crippen LogP contribution in [0.15, 0.2) is 72.8 Å². The van der Waals surface area contributed by atoms with Gasteiger partial charge in [-0.3, -0.25) is 0 Å². The third-order valence-corrected chi connectivity index (χ3v) is 5.42. The lowest BCUT2D eigenvalue weighted by Crippen LogP contribution is -2.30. The second-order valence-electron chi connectivity index (χ2n) is 7.31. The molecule has 140 valence electrons. The molecule has 0 fully saturated rings. The van der Waals surface area contributed by atoms with Crippen LogP contribution in [0.2, 0.25) is 0 Å². The third kappa shape index (κ3) is 3.12. The van der Waals surface area contributed by atoms with Gasteiger partial charge in [-0.2, -0.15) is 0 Å². The predicted molar refractivity (Wildman–Crippen MR) is 113 cm³/mol. The van der Waals surface area contributed by atoms with Crippen molar-refractivity contribution in [3.63, 3.8) is 0 Å². The van der Waals surface area contributed by atoms with Crippen molar-refractivity contribution < 1.29 is 4.74 Å². The topological polar surface area (TPSA) is 63.1 Å². The minimum absolute atomic E-state index is 0.133. The van der Waals surface area contributed by atoms with Gasteiger partial charge in [0.2, 0.25) is 0 Å². The lowest BCUT2D eigenvalue weighted by molar-refractivity contribution is 0.306. The first-order valence-electron chi connectivity index (χ1n) is 9.68. The van der Waals surface area contributed by atoms with Gasteiger partial charge in [0.1, 0.15) is 12.4 Å². The molecule has 0 saturated carbocycles. The largest absolute Gasteiger partial charge is 0.489 e. The fourth-order valence-corrected chi connectivity index (χ4v) is 4.06. The summed E-state index contributed by atoms with van der Waals surface area (Å²) in [6.07, 6.45) is 0.996. The highest BCUT2D eigenvalue weighted by atomic mass is 16.5. The summed E-state index contributed by atoms with van der Waals surface area (Å²) in [5.74, 6) is 0.900. The number of rotatable bonds is 4. The maximum Gasteiger partial charge on any atom is 0.120 e. The fourth-order valence-electron chi connectivity index (χ4n) is 4.06. The minimum Gasteiger partial charge on any atom is -0.489 e. The highest BCUT2D eigenvalue weighted by Crippen LogP contribution is 2.35. The van der Waals surface area contributed by atoms with Gasteiger partial charge in [0, 0.05) is 28.8 Å². The van der Waals surface area contributed by atoms with Gasteiger partial charge >= 0.3 is 0 Å². The summed E-state index contributed by atoms with van der Waals surface area (Å²) in [4.78, 5) is 3.63. The van der Waals surface area contributed by atoms with Crippen molar-refractivity contribution in [1.29, 1.82) is 0 Å². The smallest absolute Gasteiger partial charge is 0.120 e. The van der Waals surface area contributed by atoms with E-state index in [-0.39, 0.29) is 6.04 Å². The Hall–Kier alpha value is -3.24. The summed E-state index contributed by atoms with van der Waals surface area (Å²) in [6, 6.07) is 24.8. The number of benzene rings is 3. The number of nitrogen functional groups attached to an aromatic ring is 1. The number of hydrogen-bond acceptors (Lipinski definition) is 3. The Bertz CT molecular complexity index is 1120. The Morgan fingerprint density at radius 1 is 0.964 bits per heavy atom. The van der Waals surface area contributed by atoms with Crippen molar-refractivity contribution in [3.05, 3.63) is 95.2 Å². The van der Waals surface area contributed by atoms with E-state index >= 15 is 0 Å². The van der Waals surface area contributed by atoms with Crippen molar-refractivity contribution >= 4 is 16.6 Å². The van der Waals surface area contributed by atoms with E-state index in [9.17, 15) is 0 Å². The van der Waals surface area contributed by atoms with Crippen LogP contribution in [0.4, 0.5) is 5.69 Å². The maximum atomic E-state index is 6.04. The Morgan fingerprint density at radius 2 is 1.86 bits per heavy atom. The van der Waals surface area contributed by atoms with Gasteiger partial charge in [-0.15, -0.1) is 0 Å². The zero-order valence-corrected chi connectivity index (χ0v) is 15.6. The Labute approximate surface area is 164 Å². The zero-order chi connectivity index (χ0) is 18.9. The lowest BCUT2D eigenvalue weighted by atomic mass is 9.94. The molecule has 1 aliphatic rings. The minimum atomic E-state index is 0.133. The summed E-state index contributed by atoms with van der Waals surface area (Å²) in [5.41, 5.74) is 12.9. The van der Waals surface area contributed by atoms with Crippen LogP contribution in [0.3, 0.4) is 0 Å². The second-order valence-corrected chi connectivity index (χ2v) is 7.31. The molecule has 5 rings (SSSR count). The standard InChI is InChI=1S/C24H23N3O/c25-18-8-4-7-17(13-18)23-24-20(11-12-26-23)21-14-19(9-10-22(21)27-24)28-15-16-5-2-1-3-6-16/h1-10,13-14,23,26-27H,11-12,15,25H2. The van der Waals surface area contributed by atoms with Crippen molar-refractivity contribution in [1.82, 2.24) is 10.3 Å². The van der Waals surface area contributed by atoms with Crippen LogP contribution in [0.25, 0.3) is 10.9 Å². The van der Waals surface area contributed by atoms with Gasteiger partial charge in [-0.05, 0) is 53.4 Å². The molecule has 4 heteroatoms. The molecule has 2 heterocycles. The number of hydrogen-bond donors (Lipinski definition) is 3. The van der Waals surface area contributed by atoms with E-state index in [0.29, 0.717) is 6.61 Å². The Balaban J connectivity index is 1.48. The molecular formula is C24H23N3O. The molecule has 1 unspecified atom stereocenters. The van der Waals surface area contributed by atoms with E-state index in [2.05, 4.69) is 40.6 Å². The summed E-state index contributed by atoms with van der Waals surface area (Å²) < 4.78 is 6.04. The molecule has 4 aromatic rings. The van der Waals surface area contributed by atoms with Gasteiger partial charge in [0.25, 0.3) is 0 Å². The number of anilines is 1. The molecule has 1 atom stereocenters. The van der Waals surface area contributed by atoms with Crippen LogP contribution in [-0.2, 0) is 13.0 Å². The number of fused-ring (bicyclic) bond motifs is 3. The first-order valence-corrected chi connectivity index (χ1v) is 9.68. The van der Waals surface area contributed by atoms with Crippen molar-refractivity contribution in [2.45, 2.75) is 19.1 Å². The zero-order valence-electron chi connectivity index (χ0n) is 15.6. The molecule has 4 N–H and O–H groups in total. The number of aromatic nitrogens is 1. The highest BCUT2D eigenvalue weighted by Gasteiger charge is 2.25. The summed E-state index contributed by atoms with van der Waals surface area (Å²) >= 11 is 0. The molecule has 3 aromatic carbocycles. The number of nitrogens with one attached hydrogen (secondary N) is 2. The van der Waals surface area contributed by atoms with E-state index < -0.39 is 0 Å². The van der Waals surface area contributed by atoms with E-state index in [4.69, 9.17) is 10.5 Å². The van der Waals surface area contributed by atoms with Crippen LogP contribution < -0.4 is 15.8 Å². The third-order valence-electron chi connectivity index (χ3n) is 5.42. The van der Waals surface area contributed by atoms with Gasteiger partial charge in [-0.1, -0.05) is 42.5 Å². The molecule has 0 bridgehead atoms. The lowest BCUT2D eigenvalue weighted by Gasteiger charge is -2.25. The Morgan fingerprint density at radius 3 is 2.71 bits per heavy atom. The second kappa shape index (κ2) is 7.06. The van der Waals surface area contributed by atoms with Gasteiger partial charge in [-0.25, -0.2) is 0 Å². The summed E-state index contributed by atoms with van der Waals surface area (Å²) in [7, 11) is 0. The highest BCUT2D eigenvalue weighted by molar-refractivity contribution is 5.86. The number of nitrogens with two attached hydrogens (primary N) is 1. The average molecular weight is 369 g/mol. The normalized spacial score (nSPS) is 16.1. The average Bonchev–Trinajstić information content (AvgIpc) is 3.11. The molecule has 0 radical (unpaired) electrons. The number of aromatic amines is 1. The van der Waals surface area contributed by atoms with Gasteiger partial charge < -0.3 is 20.8 Å². The van der Waals surface area contributed by atoms with Gasteiger partial charge in [0.15, 0.2) is 0 Å². The number of ether oxygens (including phenoxy) is 1. The van der Waals surface area contributed by atoms with Crippen molar-refractivity contribution in [2.75, 3.05) is 12.3 Å². The first-order chi connectivity index (χ1) is 13.8. The predicted octanol–water partition coefficient (Wildman–Crippen LogP) is 4.56. The molecule has 1 aliphatic heterocycles. The summed E-state index contributed by atoms with van der Waals surface area (Å²) in [5, 5.41) is 4.87. The SMILES string of the molecule is Nc1cccc(C2NCCc3c2[nH]c2ccc(OCc4ccccc4)cc32)c1.